The Morgan fingerprint density at radius 3 is 0.734 bits per heavy atom. The summed E-state index contributed by atoms with van der Waals surface area (Å²) in [5.74, 6) is -0.865. The minimum atomic E-state index is -0.779. The standard InChI is InChI=1S/C73H136O6/c1-4-7-10-13-16-19-22-25-28-30-31-32-33-34-35-36-37-38-39-40-41-42-44-45-48-51-54-57-60-63-66-72(75)78-69-70(68-77-71(74)65-62-59-56-53-50-47-27-24-21-18-15-12-9-6-3)79-73(76)67-64-61-58-55-52-49-46-43-29-26-23-20-17-14-11-8-5-2/h17,20,24,26-27,29,70H,4-16,18-19,21-23,25,28,30-69H2,1-3H3/b20-17-,27-24-,29-26-. The van der Waals surface area contributed by atoms with Crippen LogP contribution in [0.15, 0.2) is 36.5 Å². The fraction of sp³-hybridized carbons (Fsp3) is 0.877. The molecule has 464 valence electrons. The van der Waals surface area contributed by atoms with Crippen LogP contribution in [0.25, 0.3) is 0 Å². The predicted octanol–water partition coefficient (Wildman–Crippen LogP) is 24.3. The molecule has 0 aromatic rings. The molecule has 79 heavy (non-hydrogen) atoms. The van der Waals surface area contributed by atoms with Crippen molar-refractivity contribution in [3.63, 3.8) is 0 Å². The Balaban J connectivity index is 4.16. The number of allylic oxidation sites excluding steroid dienone is 6. The lowest BCUT2D eigenvalue weighted by molar-refractivity contribution is -0.167. The minimum Gasteiger partial charge on any atom is -0.462 e. The quantitative estimate of drug-likeness (QED) is 0.0261. The highest BCUT2D eigenvalue weighted by atomic mass is 16.6. The van der Waals surface area contributed by atoms with Crippen LogP contribution in [-0.2, 0) is 28.6 Å². The summed E-state index contributed by atoms with van der Waals surface area (Å²) in [5, 5.41) is 0. The van der Waals surface area contributed by atoms with E-state index in [1.807, 2.05) is 0 Å². The molecule has 0 rings (SSSR count). The van der Waals surface area contributed by atoms with Crippen molar-refractivity contribution in [2.75, 3.05) is 13.2 Å². The normalized spacial score (nSPS) is 12.2. The van der Waals surface area contributed by atoms with Crippen LogP contribution < -0.4 is 0 Å². The van der Waals surface area contributed by atoms with Gasteiger partial charge >= 0.3 is 17.9 Å². The van der Waals surface area contributed by atoms with Crippen molar-refractivity contribution in [2.45, 2.75) is 399 Å². The summed E-state index contributed by atoms with van der Waals surface area (Å²) in [5.41, 5.74) is 0. The van der Waals surface area contributed by atoms with E-state index in [4.69, 9.17) is 14.2 Å². The van der Waals surface area contributed by atoms with Crippen LogP contribution in [0, 0.1) is 0 Å². The van der Waals surface area contributed by atoms with Gasteiger partial charge in [0.25, 0.3) is 0 Å². The third kappa shape index (κ3) is 66.3. The number of carbonyl (C=O) groups is 3. The molecule has 1 unspecified atom stereocenters. The summed E-state index contributed by atoms with van der Waals surface area (Å²) in [6.07, 6.45) is 84.7. The molecule has 0 aromatic heterocycles. The summed E-state index contributed by atoms with van der Waals surface area (Å²) in [7, 11) is 0. The SMILES string of the molecule is CCCCC/C=C\C/C=C\CCCCCCCCCC(=O)OC(COC(=O)CCCCCCC/C=C\CCCCCCC)COC(=O)CCCCCCCCCCCCCCCCCCCCCCCCCCCCCCCC. The number of rotatable bonds is 66. The summed E-state index contributed by atoms with van der Waals surface area (Å²) in [6.45, 7) is 6.66. The van der Waals surface area contributed by atoms with E-state index in [-0.39, 0.29) is 31.1 Å². The lowest BCUT2D eigenvalue weighted by atomic mass is 10.0. The zero-order valence-corrected chi connectivity index (χ0v) is 53.4. The van der Waals surface area contributed by atoms with Crippen molar-refractivity contribution >= 4 is 17.9 Å². The van der Waals surface area contributed by atoms with Gasteiger partial charge in [-0.05, 0) is 77.0 Å². The fourth-order valence-corrected chi connectivity index (χ4v) is 10.8. The molecule has 0 fully saturated rings. The largest absolute Gasteiger partial charge is 0.462 e. The second-order valence-electron chi connectivity index (χ2n) is 24.1. The molecule has 0 aliphatic rings. The second-order valence-corrected chi connectivity index (χ2v) is 24.1. The van der Waals surface area contributed by atoms with Crippen molar-refractivity contribution < 1.29 is 28.6 Å². The van der Waals surface area contributed by atoms with Gasteiger partial charge in [0.15, 0.2) is 6.10 Å². The van der Waals surface area contributed by atoms with Gasteiger partial charge in [-0.3, -0.25) is 14.4 Å². The molecule has 0 N–H and O–H groups in total. The Morgan fingerprint density at radius 2 is 0.456 bits per heavy atom. The monoisotopic (exact) mass is 1110 g/mol. The van der Waals surface area contributed by atoms with Crippen LogP contribution in [0.1, 0.15) is 393 Å². The molecule has 0 bridgehead atoms. The Bertz CT molecular complexity index is 1320. The van der Waals surface area contributed by atoms with Crippen LogP contribution in [0.2, 0.25) is 0 Å². The molecule has 0 amide bonds. The average molecular weight is 1110 g/mol. The molecule has 6 nitrogen and oxygen atoms in total. The molecule has 0 spiro atoms. The van der Waals surface area contributed by atoms with Gasteiger partial charge in [0.1, 0.15) is 13.2 Å². The van der Waals surface area contributed by atoms with Crippen molar-refractivity contribution in [1.29, 1.82) is 0 Å². The van der Waals surface area contributed by atoms with Gasteiger partial charge in [-0.15, -0.1) is 0 Å². The predicted molar refractivity (Wildman–Crippen MR) is 344 cm³/mol. The van der Waals surface area contributed by atoms with Gasteiger partial charge in [-0.25, -0.2) is 0 Å². The number of hydrogen-bond donors (Lipinski definition) is 0. The van der Waals surface area contributed by atoms with Gasteiger partial charge in [-0.1, -0.05) is 333 Å². The first-order chi connectivity index (χ1) is 39.0. The van der Waals surface area contributed by atoms with Crippen LogP contribution in [0.3, 0.4) is 0 Å². The van der Waals surface area contributed by atoms with Crippen LogP contribution in [-0.4, -0.2) is 37.2 Å². The summed E-state index contributed by atoms with van der Waals surface area (Å²) in [4.78, 5) is 38.4. The molecule has 0 saturated heterocycles. The Kier molecular flexibility index (Phi) is 66.1. The second kappa shape index (κ2) is 68.1. The minimum absolute atomic E-state index is 0.0737. The molecular formula is C73H136O6. The topological polar surface area (TPSA) is 78.9 Å². The summed E-state index contributed by atoms with van der Waals surface area (Å²) in [6, 6.07) is 0. The van der Waals surface area contributed by atoms with E-state index >= 15 is 0 Å². The number of ether oxygens (including phenoxy) is 3. The maximum absolute atomic E-state index is 12.9. The van der Waals surface area contributed by atoms with Crippen molar-refractivity contribution in [2.24, 2.45) is 0 Å². The lowest BCUT2D eigenvalue weighted by Gasteiger charge is -2.18. The third-order valence-corrected chi connectivity index (χ3v) is 16.1. The molecule has 0 aromatic carbocycles. The molecular weight excluding hydrogens is 973 g/mol. The van der Waals surface area contributed by atoms with E-state index in [2.05, 4.69) is 57.2 Å². The summed E-state index contributed by atoms with van der Waals surface area (Å²) >= 11 is 0. The van der Waals surface area contributed by atoms with E-state index in [0.29, 0.717) is 19.3 Å². The van der Waals surface area contributed by atoms with E-state index in [9.17, 15) is 14.4 Å². The van der Waals surface area contributed by atoms with Gasteiger partial charge in [0, 0.05) is 19.3 Å². The smallest absolute Gasteiger partial charge is 0.306 e. The average Bonchev–Trinajstić information content (AvgIpc) is 3.45. The van der Waals surface area contributed by atoms with Gasteiger partial charge in [-0.2, -0.15) is 0 Å². The molecule has 0 aliphatic heterocycles. The summed E-state index contributed by atoms with van der Waals surface area (Å²) < 4.78 is 17.0. The molecule has 6 heteroatoms. The van der Waals surface area contributed by atoms with Crippen LogP contribution in [0.5, 0.6) is 0 Å². The molecule has 0 aliphatic carbocycles. The molecule has 1 atom stereocenters. The fourth-order valence-electron chi connectivity index (χ4n) is 10.8. The van der Waals surface area contributed by atoms with E-state index in [0.717, 1.165) is 77.0 Å². The molecule has 0 saturated carbocycles. The van der Waals surface area contributed by atoms with Crippen molar-refractivity contribution in [3.05, 3.63) is 36.5 Å². The Morgan fingerprint density at radius 1 is 0.253 bits per heavy atom. The maximum atomic E-state index is 12.9. The zero-order valence-electron chi connectivity index (χ0n) is 53.4. The zero-order chi connectivity index (χ0) is 57.1. The van der Waals surface area contributed by atoms with Gasteiger partial charge < -0.3 is 14.2 Å². The molecule has 0 radical (unpaired) electrons. The van der Waals surface area contributed by atoms with E-state index < -0.39 is 6.10 Å². The lowest BCUT2D eigenvalue weighted by Crippen LogP contribution is -2.30. The Labute approximate surface area is 493 Å². The number of unbranched alkanes of at least 4 members (excludes halogenated alkanes) is 49. The Hall–Kier alpha value is -2.37. The van der Waals surface area contributed by atoms with Crippen LogP contribution in [0.4, 0.5) is 0 Å². The van der Waals surface area contributed by atoms with Gasteiger partial charge in [0.05, 0.1) is 0 Å². The number of hydrogen-bond acceptors (Lipinski definition) is 6. The van der Waals surface area contributed by atoms with E-state index in [1.165, 1.54) is 276 Å². The highest BCUT2D eigenvalue weighted by Crippen LogP contribution is 2.19. The van der Waals surface area contributed by atoms with Crippen LogP contribution >= 0.6 is 0 Å². The maximum Gasteiger partial charge on any atom is 0.306 e. The first-order valence-corrected chi connectivity index (χ1v) is 35.5. The first kappa shape index (κ1) is 76.6. The van der Waals surface area contributed by atoms with E-state index in [1.54, 1.807) is 0 Å². The first-order valence-electron chi connectivity index (χ1n) is 35.5. The third-order valence-electron chi connectivity index (χ3n) is 16.1. The highest BCUT2D eigenvalue weighted by molar-refractivity contribution is 5.71. The number of esters is 3. The van der Waals surface area contributed by atoms with Gasteiger partial charge in [0.2, 0.25) is 0 Å². The molecule has 0 heterocycles. The van der Waals surface area contributed by atoms with Crippen molar-refractivity contribution in [3.8, 4) is 0 Å². The van der Waals surface area contributed by atoms with Crippen molar-refractivity contribution in [1.82, 2.24) is 0 Å². The highest BCUT2D eigenvalue weighted by Gasteiger charge is 2.19. The number of carbonyl (C=O) groups excluding carboxylic acids is 3.